The highest BCUT2D eigenvalue weighted by Gasteiger charge is 2.31. The van der Waals surface area contributed by atoms with Crippen molar-refractivity contribution in [2.45, 2.75) is 68.7 Å². The number of nitrogens with one attached hydrogen (secondary N) is 1. The van der Waals surface area contributed by atoms with Crippen molar-refractivity contribution in [1.82, 2.24) is 5.32 Å². The molecule has 0 saturated heterocycles. The SMILES string of the molecule is CS(=O)(=O)C1CCCC(NC2CCC(C(N)=O)CC2)C1. The van der Waals surface area contributed by atoms with Crippen LogP contribution in [0.1, 0.15) is 51.4 Å². The van der Waals surface area contributed by atoms with Gasteiger partial charge in [-0.3, -0.25) is 4.79 Å². The lowest BCUT2D eigenvalue weighted by Gasteiger charge is -2.34. The largest absolute Gasteiger partial charge is 0.369 e. The third-order valence-electron chi connectivity index (χ3n) is 4.83. The van der Waals surface area contributed by atoms with Gasteiger partial charge in [0, 0.05) is 24.3 Å². The summed E-state index contributed by atoms with van der Waals surface area (Å²) in [6, 6.07) is 0.715. The van der Waals surface area contributed by atoms with Crippen LogP contribution >= 0.6 is 0 Å². The number of sulfone groups is 1. The molecule has 0 radical (unpaired) electrons. The van der Waals surface area contributed by atoms with Gasteiger partial charge in [0.05, 0.1) is 5.25 Å². The third-order valence-corrected chi connectivity index (χ3v) is 6.47. The molecule has 116 valence electrons. The molecule has 2 aliphatic rings. The van der Waals surface area contributed by atoms with Crippen LogP contribution in [0.15, 0.2) is 0 Å². The van der Waals surface area contributed by atoms with E-state index in [2.05, 4.69) is 5.32 Å². The first-order valence-corrected chi connectivity index (χ1v) is 9.56. The predicted molar refractivity (Wildman–Crippen MR) is 79.0 cm³/mol. The number of hydrogen-bond acceptors (Lipinski definition) is 4. The number of rotatable bonds is 4. The molecule has 2 unspecified atom stereocenters. The van der Waals surface area contributed by atoms with E-state index in [-0.39, 0.29) is 17.1 Å². The number of hydrogen-bond donors (Lipinski definition) is 2. The normalized spacial score (nSPS) is 35.6. The van der Waals surface area contributed by atoms with Gasteiger partial charge < -0.3 is 11.1 Å². The molecule has 0 aliphatic heterocycles. The van der Waals surface area contributed by atoms with E-state index in [1.807, 2.05) is 0 Å². The minimum atomic E-state index is -2.92. The average molecular weight is 302 g/mol. The Labute approximate surface area is 121 Å². The van der Waals surface area contributed by atoms with Gasteiger partial charge in [0.2, 0.25) is 5.91 Å². The molecule has 0 aromatic carbocycles. The van der Waals surface area contributed by atoms with E-state index in [4.69, 9.17) is 5.73 Å². The van der Waals surface area contributed by atoms with Crippen LogP contribution in [0, 0.1) is 5.92 Å². The Morgan fingerprint density at radius 2 is 1.70 bits per heavy atom. The van der Waals surface area contributed by atoms with Crippen LogP contribution in [0.2, 0.25) is 0 Å². The van der Waals surface area contributed by atoms with Crippen molar-refractivity contribution in [3.05, 3.63) is 0 Å². The molecule has 0 aromatic rings. The van der Waals surface area contributed by atoms with Crippen LogP contribution in [0.4, 0.5) is 0 Å². The maximum absolute atomic E-state index is 11.7. The molecule has 3 N–H and O–H groups in total. The van der Waals surface area contributed by atoms with Gasteiger partial charge in [0.1, 0.15) is 9.84 Å². The zero-order valence-corrected chi connectivity index (χ0v) is 13.0. The van der Waals surface area contributed by atoms with Crippen molar-refractivity contribution in [1.29, 1.82) is 0 Å². The van der Waals surface area contributed by atoms with Gasteiger partial charge in [-0.15, -0.1) is 0 Å². The molecule has 0 spiro atoms. The van der Waals surface area contributed by atoms with E-state index >= 15 is 0 Å². The van der Waals surface area contributed by atoms with E-state index in [1.54, 1.807) is 0 Å². The van der Waals surface area contributed by atoms with Crippen LogP contribution in [0.3, 0.4) is 0 Å². The fraction of sp³-hybridized carbons (Fsp3) is 0.929. The predicted octanol–water partition coefficient (Wildman–Crippen LogP) is 0.976. The third kappa shape index (κ3) is 4.19. The van der Waals surface area contributed by atoms with Crippen LogP contribution < -0.4 is 11.1 Å². The minimum absolute atomic E-state index is 0.0307. The van der Waals surface area contributed by atoms with Crippen LogP contribution in [0.25, 0.3) is 0 Å². The van der Waals surface area contributed by atoms with Crippen LogP contribution in [0.5, 0.6) is 0 Å². The second-order valence-corrected chi connectivity index (χ2v) is 8.76. The Morgan fingerprint density at radius 3 is 2.25 bits per heavy atom. The van der Waals surface area contributed by atoms with Gasteiger partial charge in [-0.25, -0.2) is 8.42 Å². The number of primary amides is 1. The fourth-order valence-electron chi connectivity index (χ4n) is 3.56. The highest BCUT2D eigenvalue weighted by atomic mass is 32.2. The number of carbonyl (C=O) groups is 1. The maximum Gasteiger partial charge on any atom is 0.220 e. The molecule has 2 fully saturated rings. The molecule has 1 amide bonds. The summed E-state index contributed by atoms with van der Waals surface area (Å²) in [7, 11) is -2.92. The first-order valence-electron chi connectivity index (χ1n) is 7.60. The smallest absolute Gasteiger partial charge is 0.220 e. The first-order chi connectivity index (χ1) is 9.36. The van der Waals surface area contributed by atoms with E-state index in [0.29, 0.717) is 12.1 Å². The number of amides is 1. The summed E-state index contributed by atoms with van der Waals surface area (Å²) in [4.78, 5) is 11.1. The summed E-state index contributed by atoms with van der Waals surface area (Å²) in [5.41, 5.74) is 5.34. The summed E-state index contributed by atoms with van der Waals surface area (Å²) < 4.78 is 23.3. The lowest BCUT2D eigenvalue weighted by Crippen LogP contribution is -2.45. The van der Waals surface area contributed by atoms with Gasteiger partial charge in [-0.05, 0) is 44.9 Å². The quantitative estimate of drug-likeness (QED) is 0.810. The van der Waals surface area contributed by atoms with E-state index in [9.17, 15) is 13.2 Å². The van der Waals surface area contributed by atoms with E-state index < -0.39 is 9.84 Å². The van der Waals surface area contributed by atoms with Crippen molar-refractivity contribution < 1.29 is 13.2 Å². The molecular formula is C14H26N2O3S. The average Bonchev–Trinajstić information content (AvgIpc) is 2.38. The summed E-state index contributed by atoms with van der Waals surface area (Å²) in [6.07, 6.45) is 8.55. The molecular weight excluding hydrogens is 276 g/mol. The van der Waals surface area contributed by atoms with Crippen molar-refractivity contribution in [2.24, 2.45) is 11.7 Å². The molecule has 6 heteroatoms. The summed E-state index contributed by atoms with van der Waals surface area (Å²) in [5.74, 6) is -0.151. The lowest BCUT2D eigenvalue weighted by atomic mass is 9.84. The molecule has 20 heavy (non-hydrogen) atoms. The molecule has 2 saturated carbocycles. The highest BCUT2D eigenvalue weighted by molar-refractivity contribution is 7.91. The first kappa shape index (κ1) is 15.8. The zero-order valence-electron chi connectivity index (χ0n) is 12.2. The van der Waals surface area contributed by atoms with Crippen molar-refractivity contribution in [2.75, 3.05) is 6.26 Å². The molecule has 0 bridgehead atoms. The molecule has 0 heterocycles. The fourth-order valence-corrected chi connectivity index (χ4v) is 4.74. The summed E-state index contributed by atoms with van der Waals surface area (Å²) in [6.45, 7) is 0. The topological polar surface area (TPSA) is 89.3 Å². The van der Waals surface area contributed by atoms with Crippen LogP contribution in [-0.2, 0) is 14.6 Å². The van der Waals surface area contributed by atoms with E-state index in [0.717, 1.165) is 51.4 Å². The Morgan fingerprint density at radius 1 is 1.05 bits per heavy atom. The Bertz CT molecular complexity index is 441. The Balaban J connectivity index is 1.81. The van der Waals surface area contributed by atoms with Crippen molar-refractivity contribution in [3.63, 3.8) is 0 Å². The number of carbonyl (C=O) groups excluding carboxylic acids is 1. The molecule has 2 atom stereocenters. The summed E-state index contributed by atoms with van der Waals surface area (Å²) in [5, 5.41) is 3.42. The second kappa shape index (κ2) is 6.43. The molecule has 2 aliphatic carbocycles. The van der Waals surface area contributed by atoms with Crippen molar-refractivity contribution >= 4 is 15.7 Å². The Hall–Kier alpha value is -0.620. The zero-order chi connectivity index (χ0) is 14.8. The van der Waals surface area contributed by atoms with Crippen LogP contribution in [-0.4, -0.2) is 37.9 Å². The summed E-state index contributed by atoms with van der Waals surface area (Å²) >= 11 is 0. The maximum atomic E-state index is 11.7. The van der Waals surface area contributed by atoms with Gasteiger partial charge in [0.15, 0.2) is 0 Å². The van der Waals surface area contributed by atoms with Gasteiger partial charge >= 0.3 is 0 Å². The Kier molecular flexibility index (Phi) is 5.07. The standard InChI is InChI=1S/C14H26N2O3S/c1-20(18,19)13-4-2-3-12(9-13)16-11-7-5-10(6-8-11)14(15)17/h10-13,16H,2-9H2,1H3,(H2,15,17). The molecule has 0 aromatic heterocycles. The van der Waals surface area contributed by atoms with Crippen molar-refractivity contribution in [3.8, 4) is 0 Å². The lowest BCUT2D eigenvalue weighted by molar-refractivity contribution is -0.122. The van der Waals surface area contributed by atoms with Gasteiger partial charge in [-0.1, -0.05) is 6.42 Å². The van der Waals surface area contributed by atoms with Gasteiger partial charge in [-0.2, -0.15) is 0 Å². The molecule has 2 rings (SSSR count). The number of nitrogens with two attached hydrogens (primary N) is 1. The molecule has 5 nitrogen and oxygen atoms in total. The second-order valence-electron chi connectivity index (χ2n) is 6.43. The monoisotopic (exact) mass is 302 g/mol. The van der Waals surface area contributed by atoms with E-state index in [1.165, 1.54) is 6.26 Å². The highest BCUT2D eigenvalue weighted by Crippen LogP contribution is 2.28. The minimum Gasteiger partial charge on any atom is -0.369 e. The van der Waals surface area contributed by atoms with Gasteiger partial charge in [0.25, 0.3) is 0 Å².